The largest absolute Gasteiger partial charge is 0.416 e. The minimum absolute atomic E-state index is 0.00186. The van der Waals surface area contributed by atoms with Gasteiger partial charge in [0.25, 0.3) is 5.91 Å². The maximum atomic E-state index is 13.1. The van der Waals surface area contributed by atoms with Crippen molar-refractivity contribution < 1.29 is 27.2 Å². The summed E-state index contributed by atoms with van der Waals surface area (Å²) in [5, 5.41) is 2.60. The van der Waals surface area contributed by atoms with Gasteiger partial charge in [-0.2, -0.15) is 13.2 Å². The molecule has 0 aliphatic carbocycles. The van der Waals surface area contributed by atoms with E-state index >= 15 is 0 Å². The van der Waals surface area contributed by atoms with Crippen LogP contribution in [0, 0.1) is 5.82 Å². The van der Waals surface area contributed by atoms with Crippen LogP contribution in [0.1, 0.15) is 27.9 Å². The van der Waals surface area contributed by atoms with Gasteiger partial charge < -0.3 is 10.2 Å². The van der Waals surface area contributed by atoms with Crippen molar-refractivity contribution in [3.8, 4) is 0 Å². The van der Waals surface area contributed by atoms with E-state index in [0.717, 1.165) is 29.8 Å². The average Bonchev–Trinajstić information content (AvgIpc) is 2.74. The van der Waals surface area contributed by atoms with Crippen LogP contribution in [0.3, 0.4) is 0 Å². The molecule has 0 saturated carbocycles. The first-order chi connectivity index (χ1) is 15.1. The van der Waals surface area contributed by atoms with Crippen molar-refractivity contribution in [2.24, 2.45) is 0 Å². The monoisotopic (exact) mass is 471 g/mol. The Morgan fingerprint density at radius 2 is 1.66 bits per heavy atom. The second-order valence-electron chi connectivity index (χ2n) is 7.48. The molecule has 3 rings (SSSR count). The van der Waals surface area contributed by atoms with E-state index in [4.69, 9.17) is 11.6 Å². The highest BCUT2D eigenvalue weighted by atomic mass is 35.5. The van der Waals surface area contributed by atoms with Crippen molar-refractivity contribution in [3.05, 3.63) is 70.0 Å². The number of piperazine rings is 1. The molecule has 1 aliphatic rings. The number of benzene rings is 2. The number of carbonyl (C=O) groups is 2. The summed E-state index contributed by atoms with van der Waals surface area (Å²) in [6.07, 6.45) is -4.24. The van der Waals surface area contributed by atoms with Crippen LogP contribution in [0.4, 0.5) is 17.6 Å². The maximum Gasteiger partial charge on any atom is 0.416 e. The van der Waals surface area contributed by atoms with Gasteiger partial charge in [0.2, 0.25) is 5.91 Å². The Labute approximate surface area is 187 Å². The molecule has 1 aliphatic heterocycles. The van der Waals surface area contributed by atoms with Gasteiger partial charge in [0.15, 0.2) is 0 Å². The third-order valence-corrected chi connectivity index (χ3v) is 5.53. The van der Waals surface area contributed by atoms with Crippen LogP contribution in [-0.4, -0.2) is 54.3 Å². The number of rotatable bonds is 6. The summed E-state index contributed by atoms with van der Waals surface area (Å²) in [6.45, 7) is 2.83. The molecule has 172 valence electrons. The predicted molar refractivity (Wildman–Crippen MR) is 112 cm³/mol. The average molecular weight is 472 g/mol. The number of nitrogens with zero attached hydrogens (tertiary/aromatic N) is 2. The second-order valence-corrected chi connectivity index (χ2v) is 7.89. The quantitative estimate of drug-likeness (QED) is 0.649. The Kier molecular flexibility index (Phi) is 7.73. The zero-order valence-electron chi connectivity index (χ0n) is 17.1. The molecule has 1 N–H and O–H groups in total. The molecule has 2 amide bonds. The SMILES string of the molecule is O=C(NCCC(=O)N1CCN(Cc2ccc(C(F)(F)F)cc2)CC1)c1ccc(F)cc1Cl. The molecule has 0 unspecified atom stereocenters. The Balaban J connectivity index is 1.40. The van der Waals surface area contributed by atoms with E-state index in [1.807, 2.05) is 0 Å². The Morgan fingerprint density at radius 1 is 1.00 bits per heavy atom. The van der Waals surface area contributed by atoms with E-state index in [1.165, 1.54) is 18.2 Å². The summed E-state index contributed by atoms with van der Waals surface area (Å²) in [7, 11) is 0. The first kappa shape index (κ1) is 24.0. The predicted octanol–water partition coefficient (Wildman–Crippen LogP) is 3.96. The Morgan fingerprint density at radius 3 is 2.25 bits per heavy atom. The van der Waals surface area contributed by atoms with E-state index < -0.39 is 23.5 Å². The van der Waals surface area contributed by atoms with E-state index in [2.05, 4.69) is 10.2 Å². The van der Waals surface area contributed by atoms with Crippen molar-refractivity contribution in [2.45, 2.75) is 19.1 Å². The standard InChI is InChI=1S/C22H22ClF4N3O2/c23-19-13-17(24)5-6-18(19)21(32)28-8-7-20(31)30-11-9-29(10-12-30)14-15-1-3-16(4-2-15)22(25,26)27/h1-6,13H,7-12,14H2,(H,28,32). The van der Waals surface area contributed by atoms with Crippen LogP contribution < -0.4 is 5.32 Å². The first-order valence-corrected chi connectivity index (χ1v) is 10.4. The van der Waals surface area contributed by atoms with Crippen molar-refractivity contribution in [2.75, 3.05) is 32.7 Å². The van der Waals surface area contributed by atoms with Gasteiger partial charge in [0, 0.05) is 45.7 Å². The molecule has 5 nitrogen and oxygen atoms in total. The molecule has 0 aromatic heterocycles. The van der Waals surface area contributed by atoms with E-state index in [9.17, 15) is 27.2 Å². The van der Waals surface area contributed by atoms with E-state index in [-0.39, 0.29) is 29.5 Å². The minimum Gasteiger partial charge on any atom is -0.351 e. The van der Waals surface area contributed by atoms with Gasteiger partial charge in [-0.25, -0.2) is 4.39 Å². The van der Waals surface area contributed by atoms with Gasteiger partial charge in [0.05, 0.1) is 16.1 Å². The van der Waals surface area contributed by atoms with Gasteiger partial charge >= 0.3 is 6.18 Å². The van der Waals surface area contributed by atoms with E-state index in [0.29, 0.717) is 32.7 Å². The van der Waals surface area contributed by atoms with Gasteiger partial charge in [0.1, 0.15) is 5.82 Å². The minimum atomic E-state index is -4.35. The van der Waals surface area contributed by atoms with Crippen LogP contribution in [0.15, 0.2) is 42.5 Å². The fraction of sp³-hybridized carbons (Fsp3) is 0.364. The fourth-order valence-corrected chi connectivity index (χ4v) is 3.68. The van der Waals surface area contributed by atoms with Crippen LogP contribution >= 0.6 is 11.6 Å². The number of hydrogen-bond acceptors (Lipinski definition) is 3. The highest BCUT2D eigenvalue weighted by Crippen LogP contribution is 2.29. The zero-order chi connectivity index (χ0) is 23.3. The summed E-state index contributed by atoms with van der Waals surface area (Å²) in [5.41, 5.74) is 0.239. The van der Waals surface area contributed by atoms with Gasteiger partial charge in [-0.3, -0.25) is 14.5 Å². The molecule has 10 heteroatoms. The molecule has 1 saturated heterocycles. The molecule has 2 aromatic carbocycles. The molecule has 32 heavy (non-hydrogen) atoms. The zero-order valence-corrected chi connectivity index (χ0v) is 17.8. The first-order valence-electron chi connectivity index (χ1n) is 10.0. The van der Waals surface area contributed by atoms with Crippen molar-refractivity contribution in [1.29, 1.82) is 0 Å². The van der Waals surface area contributed by atoms with E-state index in [1.54, 1.807) is 4.90 Å². The molecule has 0 radical (unpaired) electrons. The lowest BCUT2D eigenvalue weighted by atomic mass is 10.1. The Bertz CT molecular complexity index is 959. The van der Waals surface area contributed by atoms with Gasteiger partial charge in [-0.15, -0.1) is 0 Å². The van der Waals surface area contributed by atoms with Crippen LogP contribution in [-0.2, 0) is 17.5 Å². The summed E-state index contributed by atoms with van der Waals surface area (Å²) >= 11 is 5.86. The Hall–Kier alpha value is -2.65. The van der Waals surface area contributed by atoms with Crippen LogP contribution in [0.25, 0.3) is 0 Å². The summed E-state index contributed by atoms with van der Waals surface area (Å²) in [5.74, 6) is -1.13. The molecular weight excluding hydrogens is 450 g/mol. The summed E-state index contributed by atoms with van der Waals surface area (Å²) in [4.78, 5) is 28.3. The van der Waals surface area contributed by atoms with Gasteiger partial charge in [-0.05, 0) is 35.9 Å². The number of carbonyl (C=O) groups excluding carboxylic acids is 2. The lowest BCUT2D eigenvalue weighted by molar-refractivity contribution is -0.137. The normalized spacial score (nSPS) is 15.0. The lowest BCUT2D eigenvalue weighted by Gasteiger charge is -2.35. The van der Waals surface area contributed by atoms with Crippen LogP contribution in [0.5, 0.6) is 0 Å². The smallest absolute Gasteiger partial charge is 0.351 e. The lowest BCUT2D eigenvalue weighted by Crippen LogP contribution is -2.48. The molecular formula is C22H22ClF4N3O2. The number of hydrogen-bond donors (Lipinski definition) is 1. The van der Waals surface area contributed by atoms with Crippen molar-refractivity contribution in [1.82, 2.24) is 15.1 Å². The number of alkyl halides is 3. The molecule has 1 heterocycles. The third kappa shape index (κ3) is 6.43. The highest BCUT2D eigenvalue weighted by molar-refractivity contribution is 6.33. The van der Waals surface area contributed by atoms with Crippen molar-refractivity contribution >= 4 is 23.4 Å². The number of halogens is 5. The molecule has 2 aromatic rings. The number of amides is 2. The van der Waals surface area contributed by atoms with Gasteiger partial charge in [-0.1, -0.05) is 23.7 Å². The fourth-order valence-electron chi connectivity index (χ4n) is 3.42. The molecule has 0 atom stereocenters. The summed E-state index contributed by atoms with van der Waals surface area (Å²) in [6, 6.07) is 8.55. The second kappa shape index (κ2) is 10.3. The molecule has 0 spiro atoms. The van der Waals surface area contributed by atoms with Crippen LogP contribution in [0.2, 0.25) is 5.02 Å². The highest BCUT2D eigenvalue weighted by Gasteiger charge is 2.30. The van der Waals surface area contributed by atoms with Crippen molar-refractivity contribution in [3.63, 3.8) is 0 Å². The molecule has 1 fully saturated rings. The molecule has 0 bridgehead atoms. The maximum absolute atomic E-state index is 13.1. The topological polar surface area (TPSA) is 52.7 Å². The third-order valence-electron chi connectivity index (χ3n) is 5.21. The summed E-state index contributed by atoms with van der Waals surface area (Å²) < 4.78 is 51.0. The number of nitrogens with one attached hydrogen (secondary N) is 1.